The van der Waals surface area contributed by atoms with Crippen LogP contribution in [0.2, 0.25) is 0 Å². The van der Waals surface area contributed by atoms with Gasteiger partial charge >= 0.3 is 0 Å². The van der Waals surface area contributed by atoms with E-state index in [1.54, 1.807) is 26.2 Å². The number of hydrogen-bond donors (Lipinski definition) is 1. The Hall–Kier alpha value is -2.58. The zero-order valence-corrected chi connectivity index (χ0v) is 16.9. The van der Waals surface area contributed by atoms with E-state index in [4.69, 9.17) is 4.74 Å². The smallest absolute Gasteiger partial charge is 0.243 e. The molecule has 1 saturated heterocycles. The second-order valence-electron chi connectivity index (χ2n) is 6.49. The number of nitrogens with zero attached hydrogens (tertiary/aromatic N) is 2. The summed E-state index contributed by atoms with van der Waals surface area (Å²) in [4.78, 5) is 13.8. The molecule has 1 heterocycles. The zero-order chi connectivity index (χ0) is 20.1. The van der Waals surface area contributed by atoms with Gasteiger partial charge in [0.2, 0.25) is 15.9 Å². The standard InChI is InChI=1S/C20H25N3O4S/c1-3-20(24)21-16-8-10-17(11-9-16)28(25,26)23-14-12-22(13-15-23)18-6-4-5-7-19(18)27-2/h4-11H,3,12-15H2,1-2H3,(H,21,24). The number of benzene rings is 2. The first-order chi connectivity index (χ1) is 13.5. The molecule has 0 atom stereocenters. The highest BCUT2D eigenvalue weighted by Gasteiger charge is 2.29. The minimum absolute atomic E-state index is 0.108. The van der Waals surface area contributed by atoms with Crippen molar-refractivity contribution >= 4 is 27.3 Å². The molecule has 1 fully saturated rings. The number of rotatable bonds is 6. The molecule has 0 aromatic heterocycles. The van der Waals surface area contributed by atoms with Gasteiger partial charge in [-0.1, -0.05) is 19.1 Å². The van der Waals surface area contributed by atoms with E-state index in [0.717, 1.165) is 11.4 Å². The van der Waals surface area contributed by atoms with Crippen LogP contribution in [-0.4, -0.2) is 51.9 Å². The largest absolute Gasteiger partial charge is 0.495 e. The van der Waals surface area contributed by atoms with E-state index in [1.807, 2.05) is 24.3 Å². The van der Waals surface area contributed by atoms with Crippen LogP contribution in [-0.2, 0) is 14.8 Å². The number of piperazine rings is 1. The van der Waals surface area contributed by atoms with Crippen LogP contribution in [0.3, 0.4) is 0 Å². The summed E-state index contributed by atoms with van der Waals surface area (Å²) in [7, 11) is -1.94. The number of nitrogens with one attached hydrogen (secondary N) is 1. The van der Waals surface area contributed by atoms with Gasteiger partial charge in [0.05, 0.1) is 17.7 Å². The molecule has 0 spiro atoms. The van der Waals surface area contributed by atoms with Gasteiger partial charge in [0, 0.05) is 38.3 Å². The Kier molecular flexibility index (Phi) is 6.21. The zero-order valence-electron chi connectivity index (χ0n) is 16.1. The molecule has 0 bridgehead atoms. The van der Waals surface area contributed by atoms with Crippen LogP contribution in [0.4, 0.5) is 11.4 Å². The SMILES string of the molecule is CCC(=O)Nc1ccc(S(=O)(=O)N2CCN(c3ccccc3OC)CC2)cc1. The number of para-hydroxylation sites is 2. The monoisotopic (exact) mass is 403 g/mol. The molecule has 0 unspecified atom stereocenters. The highest BCUT2D eigenvalue weighted by molar-refractivity contribution is 7.89. The average Bonchev–Trinajstić information content (AvgIpc) is 2.74. The summed E-state index contributed by atoms with van der Waals surface area (Å²) in [6.07, 6.45) is 0.372. The molecule has 2 aromatic carbocycles. The topological polar surface area (TPSA) is 79.0 Å². The van der Waals surface area contributed by atoms with Crippen molar-refractivity contribution in [3.05, 3.63) is 48.5 Å². The van der Waals surface area contributed by atoms with E-state index in [2.05, 4.69) is 10.2 Å². The second-order valence-corrected chi connectivity index (χ2v) is 8.43. The number of anilines is 2. The summed E-state index contributed by atoms with van der Waals surface area (Å²) < 4.78 is 32.8. The van der Waals surface area contributed by atoms with E-state index >= 15 is 0 Å². The summed E-state index contributed by atoms with van der Waals surface area (Å²) in [6, 6.07) is 14.0. The Balaban J connectivity index is 1.68. The number of sulfonamides is 1. The summed E-state index contributed by atoms with van der Waals surface area (Å²) >= 11 is 0. The number of ether oxygens (including phenoxy) is 1. The van der Waals surface area contributed by atoms with E-state index in [0.29, 0.717) is 38.3 Å². The molecule has 0 saturated carbocycles. The number of amides is 1. The lowest BCUT2D eigenvalue weighted by Gasteiger charge is -2.35. The van der Waals surface area contributed by atoms with Crippen LogP contribution in [0.25, 0.3) is 0 Å². The lowest BCUT2D eigenvalue weighted by molar-refractivity contribution is -0.115. The third-order valence-electron chi connectivity index (χ3n) is 4.76. The molecule has 150 valence electrons. The van der Waals surface area contributed by atoms with Crippen molar-refractivity contribution in [2.45, 2.75) is 18.2 Å². The number of hydrogen-bond acceptors (Lipinski definition) is 5. The molecule has 1 amide bonds. The van der Waals surface area contributed by atoms with Gasteiger partial charge in [-0.25, -0.2) is 8.42 Å². The van der Waals surface area contributed by atoms with E-state index in [-0.39, 0.29) is 10.8 Å². The third kappa shape index (κ3) is 4.28. The summed E-state index contributed by atoms with van der Waals surface area (Å²) in [5, 5.41) is 2.72. The first-order valence-electron chi connectivity index (χ1n) is 9.23. The van der Waals surface area contributed by atoms with Crippen molar-refractivity contribution in [2.75, 3.05) is 43.5 Å². The Morgan fingerprint density at radius 3 is 2.29 bits per heavy atom. The van der Waals surface area contributed by atoms with Crippen LogP contribution in [0.15, 0.2) is 53.4 Å². The van der Waals surface area contributed by atoms with Crippen LogP contribution in [0.1, 0.15) is 13.3 Å². The lowest BCUT2D eigenvalue weighted by atomic mass is 10.2. The van der Waals surface area contributed by atoms with Gasteiger partial charge in [0.1, 0.15) is 5.75 Å². The molecule has 3 rings (SSSR count). The van der Waals surface area contributed by atoms with E-state index < -0.39 is 10.0 Å². The van der Waals surface area contributed by atoms with E-state index in [9.17, 15) is 13.2 Å². The maximum atomic E-state index is 12.9. The fourth-order valence-electron chi connectivity index (χ4n) is 3.17. The van der Waals surface area contributed by atoms with Crippen LogP contribution < -0.4 is 15.0 Å². The van der Waals surface area contributed by atoms with Crippen LogP contribution in [0.5, 0.6) is 5.75 Å². The molecular formula is C20H25N3O4S. The average molecular weight is 404 g/mol. The summed E-state index contributed by atoms with van der Waals surface area (Å²) in [5.74, 6) is 0.673. The Morgan fingerprint density at radius 1 is 1.04 bits per heavy atom. The molecule has 7 nitrogen and oxygen atoms in total. The molecular weight excluding hydrogens is 378 g/mol. The van der Waals surface area contributed by atoms with Crippen molar-refractivity contribution in [3.8, 4) is 5.75 Å². The highest BCUT2D eigenvalue weighted by Crippen LogP contribution is 2.29. The lowest BCUT2D eigenvalue weighted by Crippen LogP contribution is -2.48. The maximum absolute atomic E-state index is 12.9. The Morgan fingerprint density at radius 2 is 1.68 bits per heavy atom. The van der Waals surface area contributed by atoms with Crippen molar-refractivity contribution in [2.24, 2.45) is 0 Å². The van der Waals surface area contributed by atoms with Crippen LogP contribution >= 0.6 is 0 Å². The highest BCUT2D eigenvalue weighted by atomic mass is 32.2. The molecule has 1 N–H and O–H groups in total. The normalized spacial score (nSPS) is 15.3. The van der Waals surface area contributed by atoms with Crippen molar-refractivity contribution in [1.82, 2.24) is 4.31 Å². The van der Waals surface area contributed by atoms with Gasteiger partial charge in [-0.15, -0.1) is 0 Å². The molecule has 1 aliphatic heterocycles. The van der Waals surface area contributed by atoms with Crippen molar-refractivity contribution < 1.29 is 17.9 Å². The Labute approximate surface area is 166 Å². The summed E-state index contributed by atoms with van der Waals surface area (Å²) in [6.45, 7) is 3.73. The Bertz CT molecular complexity index is 921. The first kappa shape index (κ1) is 20.2. The maximum Gasteiger partial charge on any atom is 0.243 e. The van der Waals surface area contributed by atoms with Gasteiger partial charge in [-0.3, -0.25) is 4.79 Å². The minimum atomic E-state index is -3.57. The molecule has 2 aromatic rings. The van der Waals surface area contributed by atoms with Crippen molar-refractivity contribution in [1.29, 1.82) is 0 Å². The molecule has 8 heteroatoms. The third-order valence-corrected chi connectivity index (χ3v) is 6.67. The predicted molar refractivity (Wildman–Crippen MR) is 109 cm³/mol. The van der Waals surface area contributed by atoms with Gasteiger partial charge in [0.15, 0.2) is 0 Å². The number of carbonyl (C=O) groups excluding carboxylic acids is 1. The van der Waals surface area contributed by atoms with Gasteiger partial charge in [-0.05, 0) is 36.4 Å². The quantitative estimate of drug-likeness (QED) is 0.802. The van der Waals surface area contributed by atoms with Gasteiger partial charge in [0.25, 0.3) is 0 Å². The minimum Gasteiger partial charge on any atom is -0.495 e. The van der Waals surface area contributed by atoms with Gasteiger partial charge in [-0.2, -0.15) is 4.31 Å². The summed E-state index contributed by atoms with van der Waals surface area (Å²) in [5.41, 5.74) is 1.56. The van der Waals surface area contributed by atoms with Gasteiger partial charge < -0.3 is 15.0 Å². The molecule has 28 heavy (non-hydrogen) atoms. The molecule has 0 aliphatic carbocycles. The molecule has 1 aliphatic rings. The second kappa shape index (κ2) is 8.62. The van der Waals surface area contributed by atoms with E-state index in [1.165, 1.54) is 16.4 Å². The van der Waals surface area contributed by atoms with Crippen LogP contribution in [0, 0.1) is 0 Å². The number of methoxy groups -OCH3 is 1. The molecule has 0 radical (unpaired) electrons. The number of carbonyl (C=O) groups is 1. The fraction of sp³-hybridized carbons (Fsp3) is 0.350. The first-order valence-corrected chi connectivity index (χ1v) is 10.7. The predicted octanol–water partition coefficient (Wildman–Crippen LogP) is 2.55. The fourth-order valence-corrected chi connectivity index (χ4v) is 4.59. The van der Waals surface area contributed by atoms with Crippen molar-refractivity contribution in [3.63, 3.8) is 0 Å².